The van der Waals surface area contributed by atoms with Crippen LogP contribution in [0.3, 0.4) is 0 Å². The molecule has 0 saturated carbocycles. The summed E-state index contributed by atoms with van der Waals surface area (Å²) in [4.78, 5) is 10.5. The van der Waals surface area contributed by atoms with E-state index in [1.54, 1.807) is 0 Å². The molecule has 0 aromatic heterocycles. The smallest absolute Gasteiger partial charge is 0.302 e. The Labute approximate surface area is 77.5 Å². The molecule has 0 unspecified atom stereocenters. The topological polar surface area (TPSA) is 52.3 Å². The van der Waals surface area contributed by atoms with Gasteiger partial charge in [-0.05, 0) is 5.56 Å². The molecule has 3 nitrogen and oxygen atoms in total. The molecule has 1 aromatic rings. The van der Waals surface area contributed by atoms with Crippen LogP contribution in [-0.4, -0.2) is 12.6 Å². The summed E-state index contributed by atoms with van der Waals surface area (Å²) >= 11 is 0. The van der Waals surface area contributed by atoms with Crippen LogP contribution < -0.4 is 5.73 Å². The molecule has 0 heterocycles. The van der Waals surface area contributed by atoms with Gasteiger partial charge in [0, 0.05) is 6.92 Å². The molecule has 0 amide bonds. The van der Waals surface area contributed by atoms with Crippen molar-refractivity contribution in [3.63, 3.8) is 0 Å². The average molecular weight is 179 g/mol. The van der Waals surface area contributed by atoms with Gasteiger partial charge in [-0.25, -0.2) is 0 Å². The number of ether oxygens (including phenoxy) is 1. The normalized spacial score (nSPS) is 12.2. The van der Waals surface area contributed by atoms with E-state index in [-0.39, 0.29) is 18.6 Å². The lowest BCUT2D eigenvalue weighted by atomic mass is 10.1. The van der Waals surface area contributed by atoms with Crippen LogP contribution in [0.4, 0.5) is 0 Å². The summed E-state index contributed by atoms with van der Waals surface area (Å²) in [6.07, 6.45) is 0. The van der Waals surface area contributed by atoms with Gasteiger partial charge < -0.3 is 10.5 Å². The van der Waals surface area contributed by atoms with Gasteiger partial charge in [-0.15, -0.1) is 0 Å². The van der Waals surface area contributed by atoms with Crippen molar-refractivity contribution >= 4 is 5.97 Å². The van der Waals surface area contributed by atoms with Crippen molar-refractivity contribution in [1.29, 1.82) is 0 Å². The second-order valence-electron chi connectivity index (χ2n) is 2.82. The molecule has 3 heteroatoms. The van der Waals surface area contributed by atoms with Crippen LogP contribution in [0.25, 0.3) is 0 Å². The van der Waals surface area contributed by atoms with Crippen molar-refractivity contribution in [3.8, 4) is 0 Å². The zero-order valence-electron chi connectivity index (χ0n) is 7.57. The van der Waals surface area contributed by atoms with Crippen LogP contribution in [0.2, 0.25) is 0 Å². The maximum absolute atomic E-state index is 10.5. The van der Waals surface area contributed by atoms with Crippen molar-refractivity contribution in [2.24, 2.45) is 5.73 Å². The maximum atomic E-state index is 10.5. The van der Waals surface area contributed by atoms with Crippen LogP contribution in [0.15, 0.2) is 30.3 Å². The highest BCUT2D eigenvalue weighted by molar-refractivity contribution is 5.65. The van der Waals surface area contributed by atoms with E-state index < -0.39 is 0 Å². The van der Waals surface area contributed by atoms with Crippen molar-refractivity contribution in [2.45, 2.75) is 13.0 Å². The molecule has 0 aliphatic rings. The summed E-state index contributed by atoms with van der Waals surface area (Å²) in [6, 6.07) is 9.32. The van der Waals surface area contributed by atoms with Gasteiger partial charge in [-0.3, -0.25) is 4.79 Å². The predicted molar refractivity (Wildman–Crippen MR) is 50.0 cm³/mol. The molecule has 0 saturated heterocycles. The van der Waals surface area contributed by atoms with Crippen molar-refractivity contribution in [3.05, 3.63) is 35.9 Å². The standard InChI is InChI=1S/C10H13NO2/c1-8(12)13-7-10(11)9-5-3-2-4-6-9/h2-6,10H,7,11H2,1H3/t10-/m0/s1. The Morgan fingerprint density at radius 1 is 1.46 bits per heavy atom. The van der Waals surface area contributed by atoms with Gasteiger partial charge in [0.15, 0.2) is 0 Å². The van der Waals surface area contributed by atoms with Crippen molar-refractivity contribution in [1.82, 2.24) is 0 Å². The summed E-state index contributed by atoms with van der Waals surface area (Å²) in [6.45, 7) is 1.61. The minimum atomic E-state index is -0.300. The SMILES string of the molecule is CC(=O)OC[C@H](N)c1ccccc1. The predicted octanol–water partition coefficient (Wildman–Crippen LogP) is 1.25. The first-order valence-corrected chi connectivity index (χ1v) is 4.14. The first-order chi connectivity index (χ1) is 6.20. The van der Waals surface area contributed by atoms with Crippen LogP contribution in [0.5, 0.6) is 0 Å². The molecule has 1 rings (SSSR count). The molecule has 13 heavy (non-hydrogen) atoms. The second-order valence-corrected chi connectivity index (χ2v) is 2.82. The first-order valence-electron chi connectivity index (χ1n) is 4.14. The van der Waals surface area contributed by atoms with E-state index in [4.69, 9.17) is 10.5 Å². The van der Waals surface area contributed by atoms with Crippen LogP contribution in [-0.2, 0) is 9.53 Å². The number of carbonyl (C=O) groups is 1. The van der Waals surface area contributed by atoms with Gasteiger partial charge in [-0.2, -0.15) is 0 Å². The molecule has 70 valence electrons. The van der Waals surface area contributed by atoms with Crippen LogP contribution >= 0.6 is 0 Å². The van der Waals surface area contributed by atoms with Crippen LogP contribution in [0, 0.1) is 0 Å². The number of carbonyl (C=O) groups excluding carboxylic acids is 1. The zero-order valence-corrected chi connectivity index (χ0v) is 7.57. The largest absolute Gasteiger partial charge is 0.464 e. The molecule has 0 spiro atoms. The summed E-state index contributed by atoms with van der Waals surface area (Å²) in [5.74, 6) is -0.300. The molecule has 0 bridgehead atoms. The van der Waals surface area contributed by atoms with Crippen LogP contribution in [0.1, 0.15) is 18.5 Å². The molecule has 0 aliphatic carbocycles. The average Bonchev–Trinajstić information content (AvgIpc) is 2.15. The van der Waals surface area contributed by atoms with Gasteiger partial charge in [0.25, 0.3) is 0 Å². The fourth-order valence-electron chi connectivity index (χ4n) is 1.00. The summed E-state index contributed by atoms with van der Waals surface area (Å²) in [5, 5.41) is 0. The van der Waals surface area contributed by atoms with Crippen molar-refractivity contribution in [2.75, 3.05) is 6.61 Å². The van der Waals surface area contributed by atoms with Gasteiger partial charge >= 0.3 is 5.97 Å². The molecule has 0 aliphatic heterocycles. The first kappa shape index (κ1) is 9.74. The molecule has 2 N–H and O–H groups in total. The highest BCUT2D eigenvalue weighted by Crippen LogP contribution is 2.09. The van der Waals surface area contributed by atoms with Gasteiger partial charge in [0.05, 0.1) is 6.04 Å². The lowest BCUT2D eigenvalue weighted by Gasteiger charge is -2.10. The Hall–Kier alpha value is -1.35. The second kappa shape index (κ2) is 4.62. The monoisotopic (exact) mass is 179 g/mol. The van der Waals surface area contributed by atoms with E-state index in [0.717, 1.165) is 5.56 Å². The maximum Gasteiger partial charge on any atom is 0.302 e. The zero-order chi connectivity index (χ0) is 9.68. The third-order valence-electron chi connectivity index (χ3n) is 1.69. The minimum Gasteiger partial charge on any atom is -0.464 e. The molecular weight excluding hydrogens is 166 g/mol. The minimum absolute atomic E-state index is 0.231. The summed E-state index contributed by atoms with van der Waals surface area (Å²) < 4.78 is 4.79. The highest BCUT2D eigenvalue weighted by atomic mass is 16.5. The lowest BCUT2D eigenvalue weighted by Crippen LogP contribution is -2.18. The number of rotatable bonds is 3. The van der Waals surface area contributed by atoms with E-state index in [1.165, 1.54) is 6.92 Å². The van der Waals surface area contributed by atoms with Gasteiger partial charge in [0.2, 0.25) is 0 Å². The van der Waals surface area contributed by atoms with E-state index >= 15 is 0 Å². The number of hydrogen-bond acceptors (Lipinski definition) is 3. The molecule has 1 aromatic carbocycles. The summed E-state index contributed by atoms with van der Waals surface area (Å²) in [7, 11) is 0. The fraction of sp³-hybridized carbons (Fsp3) is 0.300. The number of benzene rings is 1. The Bertz CT molecular complexity index is 272. The molecular formula is C10H13NO2. The van der Waals surface area contributed by atoms with Crippen molar-refractivity contribution < 1.29 is 9.53 Å². The third-order valence-corrected chi connectivity index (χ3v) is 1.69. The van der Waals surface area contributed by atoms with E-state index in [9.17, 15) is 4.79 Å². The van der Waals surface area contributed by atoms with Gasteiger partial charge in [0.1, 0.15) is 6.61 Å². The third kappa shape index (κ3) is 3.25. The van der Waals surface area contributed by atoms with Gasteiger partial charge in [-0.1, -0.05) is 30.3 Å². The quantitative estimate of drug-likeness (QED) is 0.710. The van der Waals surface area contributed by atoms with E-state index in [0.29, 0.717) is 0 Å². The Morgan fingerprint density at radius 2 is 2.08 bits per heavy atom. The Balaban J connectivity index is 2.49. The number of nitrogens with two attached hydrogens (primary N) is 1. The Morgan fingerprint density at radius 3 is 2.62 bits per heavy atom. The summed E-state index contributed by atoms with van der Waals surface area (Å²) in [5.41, 5.74) is 6.74. The molecule has 1 atom stereocenters. The molecule has 0 fully saturated rings. The number of hydrogen-bond donors (Lipinski definition) is 1. The highest BCUT2D eigenvalue weighted by Gasteiger charge is 2.06. The van der Waals surface area contributed by atoms with E-state index in [1.807, 2.05) is 30.3 Å². The fourth-order valence-corrected chi connectivity index (χ4v) is 1.00. The number of esters is 1. The van der Waals surface area contributed by atoms with E-state index in [2.05, 4.69) is 0 Å². The lowest BCUT2D eigenvalue weighted by molar-refractivity contribution is -0.141. The molecule has 0 radical (unpaired) electrons. The Kier molecular flexibility index (Phi) is 3.46.